The Kier molecular flexibility index (Phi) is 5.12. The quantitative estimate of drug-likeness (QED) is 0.400. The Morgan fingerprint density at radius 2 is 2.08 bits per heavy atom. The monoisotopic (exact) mass is 170 g/mol. The highest BCUT2D eigenvalue weighted by Crippen LogP contribution is 1.99. The third kappa shape index (κ3) is 2.92. The van der Waals surface area contributed by atoms with Crippen LogP contribution in [0.25, 0.3) is 0 Å². The lowest BCUT2D eigenvalue weighted by molar-refractivity contribution is 0.706. The van der Waals surface area contributed by atoms with Crippen LogP contribution in [0.1, 0.15) is 6.92 Å². The Morgan fingerprint density at radius 3 is 2.42 bits per heavy atom. The van der Waals surface area contributed by atoms with Gasteiger partial charge in [0, 0.05) is 31.9 Å². The van der Waals surface area contributed by atoms with Crippen LogP contribution in [0, 0.1) is 0 Å². The second-order valence-electron chi connectivity index (χ2n) is 2.51. The summed E-state index contributed by atoms with van der Waals surface area (Å²) in [5, 5.41) is 6.03. The van der Waals surface area contributed by atoms with Gasteiger partial charge in [-0.15, -0.1) is 0 Å². The molecule has 0 amide bonds. The van der Waals surface area contributed by atoms with Crippen LogP contribution in [0.15, 0.2) is 16.8 Å². The number of nitrogens with two attached hydrogens (primary N) is 1. The topological polar surface area (TPSA) is 62.4 Å². The summed E-state index contributed by atoms with van der Waals surface area (Å²) in [5.74, 6) is 0.561. The molecule has 4 nitrogen and oxygen atoms in total. The predicted molar refractivity (Wildman–Crippen MR) is 53.2 cm³/mol. The maximum Gasteiger partial charge on any atom is 0.124 e. The molecule has 0 aromatic carbocycles. The van der Waals surface area contributed by atoms with Crippen molar-refractivity contribution >= 4 is 5.84 Å². The van der Waals surface area contributed by atoms with Crippen LogP contribution in [0.3, 0.4) is 0 Å². The number of hydrogen-bond donors (Lipinski definition) is 3. The molecule has 12 heavy (non-hydrogen) atoms. The molecule has 0 radical (unpaired) electrons. The summed E-state index contributed by atoms with van der Waals surface area (Å²) < 4.78 is 0. The van der Waals surface area contributed by atoms with Crippen molar-refractivity contribution in [3.8, 4) is 0 Å². The first-order valence-electron chi connectivity index (χ1n) is 3.94. The number of likely N-dealkylation sites (N-methyl/N-ethyl adjacent to an activating group) is 1. The van der Waals surface area contributed by atoms with Crippen LogP contribution in [0.2, 0.25) is 0 Å². The Labute approximate surface area is 73.9 Å². The molecular weight excluding hydrogens is 152 g/mol. The van der Waals surface area contributed by atoms with Crippen molar-refractivity contribution in [3.05, 3.63) is 11.8 Å². The van der Waals surface area contributed by atoms with Crippen molar-refractivity contribution in [2.45, 2.75) is 13.0 Å². The molecule has 0 fully saturated rings. The Balaban J connectivity index is 4.55. The number of aliphatic imine (C=N–C) groups is 1. The van der Waals surface area contributed by atoms with Crippen molar-refractivity contribution in [1.29, 1.82) is 0 Å². The van der Waals surface area contributed by atoms with E-state index in [0.29, 0.717) is 5.84 Å². The molecule has 1 unspecified atom stereocenters. The molecule has 70 valence electrons. The predicted octanol–water partition coefficient (Wildman–Crippen LogP) is -0.315. The fraction of sp³-hybridized carbons (Fsp3) is 0.625. The van der Waals surface area contributed by atoms with Gasteiger partial charge in [0.05, 0.1) is 0 Å². The summed E-state index contributed by atoms with van der Waals surface area (Å²) in [4.78, 5) is 3.92. The fourth-order valence-corrected chi connectivity index (χ4v) is 0.861. The zero-order chi connectivity index (χ0) is 9.56. The standard InChI is InChI=1S/C8H18N4/c1-6(11-3)7(5-10-2)8(9)12-4/h5-6,10-11H,1-4H3,(H2,9,12). The molecule has 0 aromatic rings. The first kappa shape index (κ1) is 11.0. The molecule has 0 saturated heterocycles. The second kappa shape index (κ2) is 5.60. The molecule has 0 aliphatic rings. The molecule has 0 heterocycles. The third-order valence-electron chi connectivity index (χ3n) is 1.74. The number of amidine groups is 1. The lowest BCUT2D eigenvalue weighted by Gasteiger charge is -2.14. The number of hydrogen-bond acceptors (Lipinski definition) is 3. The van der Waals surface area contributed by atoms with Gasteiger partial charge in [0.15, 0.2) is 0 Å². The average Bonchev–Trinajstić information content (AvgIpc) is 2.11. The van der Waals surface area contributed by atoms with Gasteiger partial charge in [0.2, 0.25) is 0 Å². The van der Waals surface area contributed by atoms with Crippen LogP contribution in [0.5, 0.6) is 0 Å². The molecule has 1 atom stereocenters. The van der Waals surface area contributed by atoms with Gasteiger partial charge < -0.3 is 16.4 Å². The lowest BCUT2D eigenvalue weighted by atomic mass is 10.1. The van der Waals surface area contributed by atoms with E-state index in [1.807, 2.05) is 27.2 Å². The van der Waals surface area contributed by atoms with E-state index < -0.39 is 0 Å². The minimum absolute atomic E-state index is 0.209. The molecule has 0 aliphatic heterocycles. The molecule has 0 aromatic heterocycles. The molecule has 4 N–H and O–H groups in total. The zero-order valence-electron chi connectivity index (χ0n) is 8.18. The van der Waals surface area contributed by atoms with E-state index in [-0.39, 0.29) is 6.04 Å². The summed E-state index contributed by atoms with van der Waals surface area (Å²) in [6, 6.07) is 0.209. The Morgan fingerprint density at radius 1 is 1.50 bits per heavy atom. The minimum atomic E-state index is 0.209. The number of rotatable bonds is 4. The van der Waals surface area contributed by atoms with Gasteiger partial charge in [-0.2, -0.15) is 0 Å². The minimum Gasteiger partial charge on any atom is -0.394 e. The van der Waals surface area contributed by atoms with E-state index in [0.717, 1.165) is 5.57 Å². The van der Waals surface area contributed by atoms with Crippen molar-refractivity contribution in [1.82, 2.24) is 10.6 Å². The second-order valence-corrected chi connectivity index (χ2v) is 2.51. The van der Waals surface area contributed by atoms with E-state index in [9.17, 15) is 0 Å². The smallest absolute Gasteiger partial charge is 0.124 e. The van der Waals surface area contributed by atoms with Crippen LogP contribution < -0.4 is 16.4 Å². The molecule has 0 rings (SSSR count). The summed E-state index contributed by atoms with van der Waals surface area (Å²) in [6.07, 6.45) is 1.85. The molecule has 0 saturated carbocycles. The molecule has 0 bridgehead atoms. The van der Waals surface area contributed by atoms with Gasteiger partial charge in [0.1, 0.15) is 5.84 Å². The van der Waals surface area contributed by atoms with Crippen molar-refractivity contribution in [2.24, 2.45) is 10.7 Å². The normalized spacial score (nSPS) is 16.0. The maximum atomic E-state index is 5.68. The van der Waals surface area contributed by atoms with E-state index in [4.69, 9.17) is 5.73 Å². The van der Waals surface area contributed by atoms with Gasteiger partial charge in [-0.25, -0.2) is 0 Å². The van der Waals surface area contributed by atoms with Gasteiger partial charge in [0.25, 0.3) is 0 Å². The number of nitrogens with zero attached hydrogens (tertiary/aromatic N) is 1. The highest BCUT2D eigenvalue weighted by atomic mass is 14.9. The number of nitrogens with one attached hydrogen (secondary N) is 2. The summed E-state index contributed by atoms with van der Waals surface area (Å²) in [5.41, 5.74) is 6.66. The maximum absolute atomic E-state index is 5.68. The van der Waals surface area contributed by atoms with Crippen LogP contribution in [-0.2, 0) is 0 Å². The van der Waals surface area contributed by atoms with E-state index in [1.54, 1.807) is 7.05 Å². The first-order chi connectivity index (χ1) is 5.67. The molecular formula is C8H18N4. The van der Waals surface area contributed by atoms with Gasteiger partial charge in [-0.3, -0.25) is 4.99 Å². The Bertz CT molecular complexity index is 183. The first-order valence-corrected chi connectivity index (χ1v) is 3.94. The average molecular weight is 170 g/mol. The van der Waals surface area contributed by atoms with Crippen molar-refractivity contribution in [3.63, 3.8) is 0 Å². The molecule has 4 heteroatoms. The summed E-state index contributed by atoms with van der Waals surface area (Å²) in [6.45, 7) is 2.03. The van der Waals surface area contributed by atoms with Crippen molar-refractivity contribution in [2.75, 3.05) is 21.1 Å². The highest BCUT2D eigenvalue weighted by Gasteiger charge is 2.08. The summed E-state index contributed by atoms with van der Waals surface area (Å²) in [7, 11) is 5.41. The van der Waals surface area contributed by atoms with Gasteiger partial charge >= 0.3 is 0 Å². The SMILES string of the molecule is CN=C(N)C(=CNC)C(C)NC. The van der Waals surface area contributed by atoms with E-state index >= 15 is 0 Å². The van der Waals surface area contributed by atoms with Crippen molar-refractivity contribution < 1.29 is 0 Å². The third-order valence-corrected chi connectivity index (χ3v) is 1.74. The van der Waals surface area contributed by atoms with Crippen LogP contribution in [-0.4, -0.2) is 33.0 Å². The van der Waals surface area contributed by atoms with E-state index in [1.165, 1.54) is 0 Å². The fourth-order valence-electron chi connectivity index (χ4n) is 0.861. The van der Waals surface area contributed by atoms with Crippen LogP contribution in [0.4, 0.5) is 0 Å². The largest absolute Gasteiger partial charge is 0.394 e. The van der Waals surface area contributed by atoms with Crippen LogP contribution >= 0.6 is 0 Å². The lowest BCUT2D eigenvalue weighted by Crippen LogP contribution is -2.32. The Hall–Kier alpha value is -1.03. The molecule has 0 aliphatic carbocycles. The molecule has 0 spiro atoms. The van der Waals surface area contributed by atoms with Gasteiger partial charge in [-0.05, 0) is 14.0 Å². The summed E-state index contributed by atoms with van der Waals surface area (Å²) >= 11 is 0. The zero-order valence-corrected chi connectivity index (χ0v) is 8.18. The van der Waals surface area contributed by atoms with E-state index in [2.05, 4.69) is 15.6 Å². The highest BCUT2D eigenvalue weighted by molar-refractivity contribution is 5.97. The van der Waals surface area contributed by atoms with Gasteiger partial charge in [-0.1, -0.05) is 0 Å².